The highest BCUT2D eigenvalue weighted by Crippen LogP contribution is 2.16. The van der Waals surface area contributed by atoms with Gasteiger partial charge in [0.05, 0.1) is 30.9 Å². The molecule has 1 rings (SSSR count). The van der Waals surface area contributed by atoms with Crippen LogP contribution in [-0.2, 0) is 8.92 Å². The van der Waals surface area contributed by atoms with Crippen molar-refractivity contribution in [2.45, 2.75) is 13.8 Å². The fourth-order valence-electron chi connectivity index (χ4n) is 1.11. The van der Waals surface area contributed by atoms with Gasteiger partial charge in [-0.1, -0.05) is 0 Å². The highest BCUT2D eigenvalue weighted by Gasteiger charge is 2.15. The number of nitrogens with one attached hydrogen (secondary N) is 1. The van der Waals surface area contributed by atoms with Crippen LogP contribution in [0.2, 0.25) is 0 Å². The zero-order valence-electron chi connectivity index (χ0n) is 10.1. The van der Waals surface area contributed by atoms with Gasteiger partial charge in [0.25, 0.3) is 0 Å². The third-order valence-electron chi connectivity index (χ3n) is 1.77. The lowest BCUT2D eigenvalue weighted by molar-refractivity contribution is 0.0521. The second kappa shape index (κ2) is 7.67. The molecule has 1 heterocycles. The number of amides is 1. The summed E-state index contributed by atoms with van der Waals surface area (Å²) in [7, 11) is 0. The fourth-order valence-corrected chi connectivity index (χ4v) is 1.49. The summed E-state index contributed by atoms with van der Waals surface area (Å²) in [6.45, 7) is 4.13. The average molecular weight is 270 g/mol. The molecule has 98 valence electrons. The quantitative estimate of drug-likeness (QED) is 0.654. The number of aromatic nitrogens is 1. The molecule has 0 saturated heterocycles. The molecule has 0 aliphatic carbocycles. The van der Waals surface area contributed by atoms with Gasteiger partial charge in [-0.05, 0) is 26.0 Å². The lowest BCUT2D eigenvalue weighted by Crippen LogP contribution is -2.14. The second-order valence-electron chi connectivity index (χ2n) is 3.02. The molecule has 18 heavy (non-hydrogen) atoms. The highest BCUT2D eigenvalue weighted by atomic mass is 32.2. The van der Waals surface area contributed by atoms with Crippen LogP contribution in [0.5, 0.6) is 0 Å². The van der Waals surface area contributed by atoms with Gasteiger partial charge in [0, 0.05) is 6.20 Å². The molecule has 6 nitrogen and oxygen atoms in total. The van der Waals surface area contributed by atoms with E-state index < -0.39 is 11.2 Å². The van der Waals surface area contributed by atoms with E-state index in [1.165, 1.54) is 6.20 Å². The van der Waals surface area contributed by atoms with Gasteiger partial charge in [0.15, 0.2) is 5.69 Å². The Hall–Kier alpha value is -1.60. The van der Waals surface area contributed by atoms with Crippen molar-refractivity contribution in [3.63, 3.8) is 0 Å². The molecule has 1 N–H and O–H groups in total. The third-order valence-corrected chi connectivity index (χ3v) is 2.37. The Labute approximate surface area is 109 Å². The van der Waals surface area contributed by atoms with Gasteiger partial charge >= 0.3 is 11.2 Å². The lowest BCUT2D eigenvalue weighted by Gasteiger charge is -2.08. The van der Waals surface area contributed by atoms with E-state index in [9.17, 15) is 9.59 Å². The Morgan fingerprint density at radius 3 is 2.83 bits per heavy atom. The molecule has 7 heteroatoms. The van der Waals surface area contributed by atoms with Crippen LogP contribution in [0.3, 0.4) is 0 Å². The van der Waals surface area contributed by atoms with Gasteiger partial charge in [0.1, 0.15) is 0 Å². The first-order valence-electron chi connectivity index (χ1n) is 5.41. The summed E-state index contributed by atoms with van der Waals surface area (Å²) < 4.78 is 9.72. The van der Waals surface area contributed by atoms with Crippen LogP contribution in [0.15, 0.2) is 18.3 Å². The van der Waals surface area contributed by atoms with Gasteiger partial charge in [0.2, 0.25) is 0 Å². The minimum absolute atomic E-state index is 0.0739. The van der Waals surface area contributed by atoms with E-state index in [4.69, 9.17) is 8.92 Å². The summed E-state index contributed by atoms with van der Waals surface area (Å²) >= 11 is 0.675. The number of anilines is 1. The van der Waals surface area contributed by atoms with E-state index in [1.807, 2.05) is 0 Å². The number of rotatable bonds is 5. The Bertz CT molecular complexity index is 425. The van der Waals surface area contributed by atoms with Crippen LogP contribution in [0.25, 0.3) is 0 Å². The minimum atomic E-state index is -0.574. The van der Waals surface area contributed by atoms with E-state index in [-0.39, 0.29) is 12.3 Å². The second-order valence-corrected chi connectivity index (χ2v) is 3.80. The number of ether oxygens (including phenoxy) is 1. The monoisotopic (exact) mass is 270 g/mol. The number of pyridine rings is 1. The van der Waals surface area contributed by atoms with E-state index in [2.05, 4.69) is 10.3 Å². The summed E-state index contributed by atoms with van der Waals surface area (Å²) in [5.74, 6) is -0.574. The van der Waals surface area contributed by atoms with Gasteiger partial charge in [-0.25, -0.2) is 9.78 Å². The van der Waals surface area contributed by atoms with Crippen molar-refractivity contribution in [2.24, 2.45) is 0 Å². The SMILES string of the molecule is CCOSC(=O)Nc1cccnc1C(=O)OCC. The van der Waals surface area contributed by atoms with E-state index in [1.54, 1.807) is 26.0 Å². The largest absolute Gasteiger partial charge is 0.461 e. The molecule has 1 aromatic rings. The van der Waals surface area contributed by atoms with Crippen molar-refractivity contribution < 1.29 is 18.5 Å². The summed E-state index contributed by atoms with van der Waals surface area (Å²) in [6, 6.07) is 3.19. The summed E-state index contributed by atoms with van der Waals surface area (Å²) in [5.41, 5.74) is 0.373. The Morgan fingerprint density at radius 1 is 1.39 bits per heavy atom. The molecule has 0 bridgehead atoms. The summed E-state index contributed by atoms with van der Waals surface area (Å²) in [5, 5.41) is 2.10. The van der Waals surface area contributed by atoms with Crippen LogP contribution in [0.1, 0.15) is 24.3 Å². The van der Waals surface area contributed by atoms with Crippen LogP contribution in [0.4, 0.5) is 10.5 Å². The molecule has 0 aliphatic rings. The van der Waals surface area contributed by atoms with Gasteiger partial charge < -0.3 is 14.2 Å². The normalized spacial score (nSPS) is 9.89. The van der Waals surface area contributed by atoms with Crippen LogP contribution < -0.4 is 5.32 Å². The van der Waals surface area contributed by atoms with Gasteiger partial charge in [-0.15, -0.1) is 0 Å². The maximum absolute atomic E-state index is 11.6. The Balaban J connectivity index is 2.76. The molecule has 0 spiro atoms. The number of nitrogens with zero attached hydrogens (tertiary/aromatic N) is 1. The fraction of sp³-hybridized carbons (Fsp3) is 0.364. The van der Waals surface area contributed by atoms with Crippen molar-refractivity contribution in [3.05, 3.63) is 24.0 Å². The van der Waals surface area contributed by atoms with Crippen LogP contribution in [0, 0.1) is 0 Å². The minimum Gasteiger partial charge on any atom is -0.461 e. The summed E-state index contributed by atoms with van der Waals surface area (Å²) in [6.07, 6.45) is 1.46. The first-order valence-corrected chi connectivity index (χ1v) is 6.15. The van der Waals surface area contributed by atoms with Crippen LogP contribution >= 0.6 is 12.0 Å². The average Bonchev–Trinajstić information content (AvgIpc) is 2.37. The van der Waals surface area contributed by atoms with E-state index >= 15 is 0 Å². The number of hydrogen-bond donors (Lipinski definition) is 1. The number of hydrogen-bond acceptors (Lipinski definition) is 6. The molecule has 0 fully saturated rings. The predicted octanol–water partition coefficient (Wildman–Crippen LogP) is 2.47. The molecule has 0 atom stereocenters. The lowest BCUT2D eigenvalue weighted by atomic mass is 10.3. The number of carbonyl (C=O) groups is 2. The molecule has 0 radical (unpaired) electrons. The molecular formula is C11H14N2O4S. The van der Waals surface area contributed by atoms with Crippen molar-refractivity contribution in [1.82, 2.24) is 4.98 Å². The summed E-state index contributed by atoms with van der Waals surface area (Å²) in [4.78, 5) is 26.9. The standard InChI is InChI=1S/C11H14N2O4S/c1-3-16-10(14)9-8(6-5-7-12-9)13-11(15)18-17-4-2/h5-7H,3-4H2,1-2H3,(H,13,15). The van der Waals surface area contributed by atoms with Gasteiger partial charge in [-0.2, -0.15) is 0 Å². The number of carbonyl (C=O) groups excluding carboxylic acids is 2. The first-order chi connectivity index (χ1) is 8.69. The molecule has 0 saturated carbocycles. The molecular weight excluding hydrogens is 256 g/mol. The van der Waals surface area contributed by atoms with E-state index in [0.29, 0.717) is 24.3 Å². The predicted molar refractivity (Wildman–Crippen MR) is 68.4 cm³/mol. The van der Waals surface area contributed by atoms with Crippen LogP contribution in [-0.4, -0.2) is 29.4 Å². The topological polar surface area (TPSA) is 77.5 Å². The zero-order chi connectivity index (χ0) is 13.4. The van der Waals surface area contributed by atoms with Crippen molar-refractivity contribution in [1.29, 1.82) is 0 Å². The van der Waals surface area contributed by atoms with Crippen molar-refractivity contribution in [2.75, 3.05) is 18.5 Å². The Morgan fingerprint density at radius 2 is 2.17 bits per heavy atom. The molecule has 0 aliphatic heterocycles. The maximum atomic E-state index is 11.6. The zero-order valence-corrected chi connectivity index (χ0v) is 11.0. The van der Waals surface area contributed by atoms with E-state index in [0.717, 1.165) is 0 Å². The van der Waals surface area contributed by atoms with Gasteiger partial charge in [-0.3, -0.25) is 4.79 Å². The molecule has 0 unspecified atom stereocenters. The van der Waals surface area contributed by atoms with Crippen molar-refractivity contribution >= 4 is 28.9 Å². The molecule has 0 aromatic carbocycles. The molecule has 1 aromatic heterocycles. The van der Waals surface area contributed by atoms with Crippen molar-refractivity contribution in [3.8, 4) is 0 Å². The number of esters is 1. The Kier molecular flexibility index (Phi) is 6.16. The molecule has 1 amide bonds. The third kappa shape index (κ3) is 4.34. The highest BCUT2D eigenvalue weighted by molar-refractivity contribution is 8.09. The maximum Gasteiger partial charge on any atom is 0.359 e. The smallest absolute Gasteiger partial charge is 0.359 e. The first kappa shape index (κ1) is 14.5.